The van der Waals surface area contributed by atoms with Gasteiger partial charge in [-0.2, -0.15) is 0 Å². The van der Waals surface area contributed by atoms with E-state index in [9.17, 15) is 4.79 Å². The van der Waals surface area contributed by atoms with Crippen LogP contribution in [0.4, 0.5) is 0 Å². The van der Waals surface area contributed by atoms with Crippen LogP contribution in [-0.4, -0.2) is 6.29 Å². The number of allylic oxidation sites excluding steroid dienone is 6. The standard InChI is InChI=1S/C9H9ClO/c10-9-4-2-1-3-8(7-11)5-6-9/h1,3,5-7H,2,4H2/b3-1-,8-5+,9-6+. The smallest absolute Gasteiger partial charge is 0.150 e. The third-order valence-corrected chi connectivity index (χ3v) is 1.77. The van der Waals surface area contributed by atoms with Crippen molar-refractivity contribution in [2.24, 2.45) is 0 Å². The average Bonchev–Trinajstić information content (AvgIpc) is 1.98. The Hall–Kier alpha value is -0.820. The van der Waals surface area contributed by atoms with Crippen LogP contribution in [0.15, 0.2) is 34.9 Å². The molecule has 0 fully saturated rings. The molecule has 0 saturated carbocycles. The quantitative estimate of drug-likeness (QED) is 0.550. The largest absolute Gasteiger partial charge is 0.298 e. The number of hydrogen-bond donors (Lipinski definition) is 0. The molecule has 58 valence electrons. The van der Waals surface area contributed by atoms with Gasteiger partial charge < -0.3 is 0 Å². The Bertz CT molecular complexity index is 236. The zero-order valence-electron chi connectivity index (χ0n) is 6.09. The minimum atomic E-state index is 0.669. The SMILES string of the molecule is O=CC1=C/C=C(/Cl)CC/C=C\1. The highest BCUT2D eigenvalue weighted by atomic mass is 35.5. The second-order valence-corrected chi connectivity index (χ2v) is 2.82. The van der Waals surface area contributed by atoms with Gasteiger partial charge in [-0.3, -0.25) is 4.79 Å². The highest BCUT2D eigenvalue weighted by Crippen LogP contribution is 2.14. The zero-order valence-corrected chi connectivity index (χ0v) is 6.84. The predicted molar refractivity (Wildman–Crippen MR) is 46.5 cm³/mol. The Balaban J connectivity index is 2.83. The number of carbonyl (C=O) groups is 1. The summed E-state index contributed by atoms with van der Waals surface area (Å²) in [6.45, 7) is 0. The van der Waals surface area contributed by atoms with Crippen molar-refractivity contribution in [3.63, 3.8) is 0 Å². The molecule has 11 heavy (non-hydrogen) atoms. The lowest BCUT2D eigenvalue weighted by Gasteiger charge is -1.97. The monoisotopic (exact) mass is 168 g/mol. The van der Waals surface area contributed by atoms with Gasteiger partial charge in [0.05, 0.1) is 0 Å². The first-order valence-electron chi connectivity index (χ1n) is 3.51. The van der Waals surface area contributed by atoms with E-state index in [4.69, 9.17) is 11.6 Å². The van der Waals surface area contributed by atoms with E-state index in [1.54, 1.807) is 12.2 Å². The van der Waals surface area contributed by atoms with Gasteiger partial charge in [0.15, 0.2) is 0 Å². The molecule has 0 aromatic heterocycles. The van der Waals surface area contributed by atoms with E-state index in [0.29, 0.717) is 5.57 Å². The van der Waals surface area contributed by atoms with E-state index in [0.717, 1.165) is 24.2 Å². The highest BCUT2D eigenvalue weighted by molar-refractivity contribution is 6.29. The molecule has 0 aliphatic heterocycles. The molecule has 0 unspecified atom stereocenters. The van der Waals surface area contributed by atoms with Crippen molar-refractivity contribution >= 4 is 17.9 Å². The van der Waals surface area contributed by atoms with E-state index < -0.39 is 0 Å². The Labute approximate surface area is 71.0 Å². The molecular formula is C9H9ClO. The number of carbonyl (C=O) groups excluding carboxylic acids is 1. The van der Waals surface area contributed by atoms with Crippen LogP contribution in [0.3, 0.4) is 0 Å². The third-order valence-electron chi connectivity index (χ3n) is 1.45. The minimum Gasteiger partial charge on any atom is -0.298 e. The summed E-state index contributed by atoms with van der Waals surface area (Å²) >= 11 is 5.78. The minimum absolute atomic E-state index is 0.669. The van der Waals surface area contributed by atoms with Gasteiger partial charge >= 0.3 is 0 Å². The van der Waals surface area contributed by atoms with Crippen LogP contribution in [-0.2, 0) is 4.79 Å². The zero-order chi connectivity index (χ0) is 8.10. The second kappa shape index (κ2) is 4.14. The maximum Gasteiger partial charge on any atom is 0.150 e. The van der Waals surface area contributed by atoms with Crippen molar-refractivity contribution in [3.8, 4) is 0 Å². The molecule has 0 atom stereocenters. The van der Waals surface area contributed by atoms with Gasteiger partial charge in [-0.15, -0.1) is 0 Å². The van der Waals surface area contributed by atoms with Crippen LogP contribution < -0.4 is 0 Å². The van der Waals surface area contributed by atoms with Gasteiger partial charge in [0, 0.05) is 10.6 Å². The van der Waals surface area contributed by atoms with Crippen LogP contribution in [0.1, 0.15) is 12.8 Å². The van der Waals surface area contributed by atoms with Crippen LogP contribution in [0.2, 0.25) is 0 Å². The van der Waals surface area contributed by atoms with Gasteiger partial charge in [0.1, 0.15) is 6.29 Å². The summed E-state index contributed by atoms with van der Waals surface area (Å²) in [4.78, 5) is 10.3. The molecule has 1 aliphatic carbocycles. The molecule has 0 heterocycles. The maximum atomic E-state index is 10.3. The molecule has 0 aromatic rings. The maximum absolute atomic E-state index is 10.3. The first-order valence-corrected chi connectivity index (χ1v) is 3.89. The van der Waals surface area contributed by atoms with Gasteiger partial charge in [-0.25, -0.2) is 0 Å². The van der Waals surface area contributed by atoms with Crippen LogP contribution in [0, 0.1) is 0 Å². The highest BCUT2D eigenvalue weighted by Gasteiger charge is 1.94. The summed E-state index contributed by atoms with van der Waals surface area (Å²) < 4.78 is 0. The summed E-state index contributed by atoms with van der Waals surface area (Å²) in [5.74, 6) is 0. The fraction of sp³-hybridized carbons (Fsp3) is 0.222. The van der Waals surface area contributed by atoms with Crippen LogP contribution >= 0.6 is 11.6 Å². The van der Waals surface area contributed by atoms with E-state index >= 15 is 0 Å². The molecule has 0 saturated heterocycles. The Morgan fingerprint density at radius 1 is 1.45 bits per heavy atom. The molecule has 2 heteroatoms. The molecule has 0 aromatic carbocycles. The molecule has 1 nitrogen and oxygen atoms in total. The Kier molecular flexibility index (Phi) is 3.12. The summed E-state index contributed by atoms with van der Waals surface area (Å²) in [6.07, 6.45) is 9.85. The number of rotatable bonds is 1. The molecule has 1 aliphatic rings. The molecule has 0 N–H and O–H groups in total. The van der Waals surface area contributed by atoms with Gasteiger partial charge in [-0.1, -0.05) is 29.8 Å². The van der Waals surface area contributed by atoms with Crippen molar-refractivity contribution in [3.05, 3.63) is 34.9 Å². The first kappa shape index (κ1) is 8.28. The van der Waals surface area contributed by atoms with Crippen molar-refractivity contribution < 1.29 is 4.79 Å². The number of halogens is 1. The van der Waals surface area contributed by atoms with Gasteiger partial charge in [0.2, 0.25) is 0 Å². The predicted octanol–water partition coefficient (Wildman–Crippen LogP) is 2.58. The first-order chi connectivity index (χ1) is 5.33. The molecule has 0 spiro atoms. The van der Waals surface area contributed by atoms with E-state index in [2.05, 4.69) is 0 Å². The molecular weight excluding hydrogens is 160 g/mol. The average molecular weight is 169 g/mol. The van der Waals surface area contributed by atoms with Gasteiger partial charge in [-0.05, 0) is 18.9 Å². The summed E-state index contributed by atoms with van der Waals surface area (Å²) in [5, 5.41) is 0.800. The van der Waals surface area contributed by atoms with E-state index in [1.165, 1.54) is 0 Å². The molecule has 0 amide bonds. The fourth-order valence-electron chi connectivity index (χ4n) is 0.845. The lowest BCUT2D eigenvalue weighted by Crippen LogP contribution is -1.82. The molecule has 0 bridgehead atoms. The summed E-state index contributed by atoms with van der Waals surface area (Å²) in [7, 11) is 0. The third kappa shape index (κ3) is 2.72. The number of hydrogen-bond acceptors (Lipinski definition) is 1. The Morgan fingerprint density at radius 2 is 2.27 bits per heavy atom. The normalized spacial score (nSPS) is 30.3. The Morgan fingerprint density at radius 3 is 3.00 bits per heavy atom. The van der Waals surface area contributed by atoms with Crippen molar-refractivity contribution in [2.45, 2.75) is 12.8 Å². The topological polar surface area (TPSA) is 17.1 Å². The van der Waals surface area contributed by atoms with Crippen molar-refractivity contribution in [2.75, 3.05) is 0 Å². The van der Waals surface area contributed by atoms with Gasteiger partial charge in [0.25, 0.3) is 0 Å². The molecule has 0 radical (unpaired) electrons. The lowest BCUT2D eigenvalue weighted by molar-refractivity contribution is -0.104. The summed E-state index contributed by atoms with van der Waals surface area (Å²) in [6, 6.07) is 0. The van der Waals surface area contributed by atoms with Crippen molar-refractivity contribution in [1.82, 2.24) is 0 Å². The molecule has 1 rings (SSSR count). The summed E-state index contributed by atoms with van der Waals surface area (Å²) in [5.41, 5.74) is 0.669. The fourth-order valence-corrected chi connectivity index (χ4v) is 1.02. The van der Waals surface area contributed by atoms with Crippen molar-refractivity contribution in [1.29, 1.82) is 0 Å². The van der Waals surface area contributed by atoms with E-state index in [1.807, 2.05) is 12.2 Å². The van der Waals surface area contributed by atoms with E-state index in [-0.39, 0.29) is 0 Å². The second-order valence-electron chi connectivity index (χ2n) is 2.34. The number of aldehydes is 1. The van der Waals surface area contributed by atoms with Crippen LogP contribution in [0.25, 0.3) is 0 Å². The lowest BCUT2D eigenvalue weighted by atomic mass is 10.1. The van der Waals surface area contributed by atoms with Crippen LogP contribution in [0.5, 0.6) is 0 Å².